The van der Waals surface area contributed by atoms with Gasteiger partial charge in [-0.1, -0.05) is 48.5 Å². The van der Waals surface area contributed by atoms with E-state index in [-0.39, 0.29) is 0 Å². The summed E-state index contributed by atoms with van der Waals surface area (Å²) >= 11 is 0. The van der Waals surface area contributed by atoms with Gasteiger partial charge in [0, 0.05) is 6.08 Å². The Hall–Kier alpha value is -2.61. The Morgan fingerprint density at radius 1 is 0.895 bits per heavy atom. The van der Waals surface area contributed by atoms with E-state index in [1.807, 2.05) is 24.3 Å². The predicted molar refractivity (Wildman–Crippen MR) is 79.7 cm³/mol. The van der Waals surface area contributed by atoms with Crippen LogP contribution in [0.2, 0.25) is 0 Å². The molecule has 0 saturated heterocycles. The van der Waals surface area contributed by atoms with E-state index in [4.69, 9.17) is 5.73 Å². The molecule has 3 aromatic carbocycles. The number of benzene rings is 3. The van der Waals surface area contributed by atoms with E-state index in [1.165, 1.54) is 6.08 Å². The third kappa shape index (κ3) is 2.08. The van der Waals surface area contributed by atoms with E-state index in [2.05, 4.69) is 30.3 Å². The quantitative estimate of drug-likeness (QED) is 0.546. The van der Waals surface area contributed by atoms with Gasteiger partial charge in [0.15, 0.2) is 0 Å². The summed E-state index contributed by atoms with van der Waals surface area (Å²) in [5.74, 6) is -0.433. The lowest BCUT2D eigenvalue weighted by Crippen LogP contribution is -2.05. The molecule has 0 bridgehead atoms. The van der Waals surface area contributed by atoms with Gasteiger partial charge < -0.3 is 5.73 Å². The Kier molecular flexibility index (Phi) is 2.76. The fourth-order valence-electron chi connectivity index (χ4n) is 2.39. The van der Waals surface area contributed by atoms with Gasteiger partial charge in [0.25, 0.3) is 0 Å². The molecule has 0 spiro atoms. The second kappa shape index (κ2) is 4.58. The minimum atomic E-state index is -0.433. The molecule has 0 atom stereocenters. The smallest absolute Gasteiger partial charge is 0.241 e. The van der Waals surface area contributed by atoms with Crippen LogP contribution in [-0.4, -0.2) is 5.91 Å². The Morgan fingerprint density at radius 2 is 1.42 bits per heavy atom. The van der Waals surface area contributed by atoms with Gasteiger partial charge in [0.2, 0.25) is 5.91 Å². The first-order valence-electron chi connectivity index (χ1n) is 6.14. The van der Waals surface area contributed by atoms with Gasteiger partial charge in [-0.15, -0.1) is 0 Å². The van der Waals surface area contributed by atoms with Gasteiger partial charge in [-0.2, -0.15) is 0 Å². The van der Waals surface area contributed by atoms with Gasteiger partial charge in [-0.25, -0.2) is 0 Å². The van der Waals surface area contributed by atoms with E-state index in [9.17, 15) is 4.79 Å². The second-order valence-corrected chi connectivity index (χ2v) is 4.47. The maximum Gasteiger partial charge on any atom is 0.241 e. The maximum atomic E-state index is 11.0. The summed E-state index contributed by atoms with van der Waals surface area (Å²) in [6.45, 7) is 0. The van der Waals surface area contributed by atoms with Crippen LogP contribution in [0.3, 0.4) is 0 Å². The average molecular weight is 247 g/mol. The second-order valence-electron chi connectivity index (χ2n) is 4.47. The van der Waals surface area contributed by atoms with Crippen LogP contribution in [0.5, 0.6) is 0 Å². The van der Waals surface area contributed by atoms with Crippen LogP contribution in [0.15, 0.2) is 60.7 Å². The normalized spacial score (nSPS) is 11.4. The van der Waals surface area contributed by atoms with Crippen LogP contribution >= 0.6 is 0 Å². The maximum absolute atomic E-state index is 11.0. The van der Waals surface area contributed by atoms with Gasteiger partial charge >= 0.3 is 0 Å². The largest absolute Gasteiger partial charge is 0.366 e. The van der Waals surface area contributed by atoms with E-state index in [0.29, 0.717) is 0 Å². The standard InChI is InChI=1S/C17H13NO/c18-17(19)10-9-16-14-7-3-1-5-12(14)11-13-6-2-4-8-15(13)16/h1-11H,(H2,18,19)/b10-9+. The van der Waals surface area contributed by atoms with Crippen molar-refractivity contribution in [1.82, 2.24) is 0 Å². The van der Waals surface area contributed by atoms with E-state index in [1.54, 1.807) is 6.08 Å². The summed E-state index contributed by atoms with van der Waals surface area (Å²) in [7, 11) is 0. The van der Waals surface area contributed by atoms with Crippen molar-refractivity contribution >= 4 is 33.5 Å². The third-order valence-electron chi connectivity index (χ3n) is 3.23. The number of nitrogens with two attached hydrogens (primary N) is 1. The number of hydrogen-bond acceptors (Lipinski definition) is 1. The molecular weight excluding hydrogens is 234 g/mol. The van der Waals surface area contributed by atoms with Crippen LogP contribution in [0.1, 0.15) is 5.56 Å². The topological polar surface area (TPSA) is 43.1 Å². The number of carbonyl (C=O) groups excluding carboxylic acids is 1. The van der Waals surface area contributed by atoms with Gasteiger partial charge in [-0.3, -0.25) is 4.79 Å². The number of fused-ring (bicyclic) bond motifs is 2. The fourth-order valence-corrected chi connectivity index (χ4v) is 2.39. The molecule has 3 aromatic rings. The highest BCUT2D eigenvalue weighted by atomic mass is 16.1. The number of amides is 1. The summed E-state index contributed by atoms with van der Waals surface area (Å²) in [6.07, 6.45) is 3.21. The first-order chi connectivity index (χ1) is 9.25. The predicted octanol–water partition coefficient (Wildman–Crippen LogP) is 3.49. The average Bonchev–Trinajstić information content (AvgIpc) is 2.43. The van der Waals surface area contributed by atoms with E-state index >= 15 is 0 Å². The molecule has 19 heavy (non-hydrogen) atoms. The van der Waals surface area contributed by atoms with Crippen LogP contribution in [0.4, 0.5) is 0 Å². The van der Waals surface area contributed by atoms with Gasteiger partial charge in [0.1, 0.15) is 0 Å². The molecule has 0 aromatic heterocycles. The number of rotatable bonds is 2. The molecule has 3 rings (SSSR count). The van der Waals surface area contributed by atoms with Crippen molar-refractivity contribution in [2.45, 2.75) is 0 Å². The minimum absolute atomic E-state index is 0.433. The summed E-state index contributed by atoms with van der Waals surface area (Å²) < 4.78 is 0. The monoisotopic (exact) mass is 247 g/mol. The van der Waals surface area contributed by atoms with Crippen molar-refractivity contribution in [1.29, 1.82) is 0 Å². The molecule has 92 valence electrons. The number of primary amides is 1. The molecule has 0 aliphatic carbocycles. The van der Waals surface area contributed by atoms with E-state index < -0.39 is 5.91 Å². The molecular formula is C17H13NO. The zero-order valence-corrected chi connectivity index (χ0v) is 10.3. The zero-order chi connectivity index (χ0) is 13.2. The molecule has 0 heterocycles. The molecule has 0 radical (unpaired) electrons. The molecule has 0 fully saturated rings. The van der Waals surface area contributed by atoms with Crippen LogP contribution in [-0.2, 0) is 4.79 Å². The molecule has 0 saturated carbocycles. The van der Waals surface area contributed by atoms with Crippen LogP contribution < -0.4 is 5.73 Å². The summed E-state index contributed by atoms with van der Waals surface area (Å²) in [4.78, 5) is 11.0. The molecule has 0 aliphatic rings. The van der Waals surface area contributed by atoms with E-state index in [0.717, 1.165) is 27.1 Å². The number of hydrogen-bond donors (Lipinski definition) is 1. The van der Waals surface area contributed by atoms with Crippen molar-refractivity contribution in [2.75, 3.05) is 0 Å². The highest BCUT2D eigenvalue weighted by Crippen LogP contribution is 2.29. The van der Waals surface area contributed by atoms with Gasteiger partial charge in [-0.05, 0) is 39.3 Å². The lowest BCUT2D eigenvalue weighted by atomic mass is 9.96. The Balaban J connectivity index is 2.42. The first-order valence-corrected chi connectivity index (χ1v) is 6.14. The lowest BCUT2D eigenvalue weighted by molar-refractivity contribution is -0.113. The minimum Gasteiger partial charge on any atom is -0.366 e. The SMILES string of the molecule is NC(=O)/C=C/c1c2ccccc2cc2ccccc12. The zero-order valence-electron chi connectivity index (χ0n) is 10.3. The molecule has 1 amide bonds. The molecule has 2 N–H and O–H groups in total. The Bertz CT molecular complexity index is 749. The third-order valence-corrected chi connectivity index (χ3v) is 3.23. The molecule has 0 aliphatic heterocycles. The molecule has 2 nitrogen and oxygen atoms in total. The highest BCUT2D eigenvalue weighted by Gasteiger charge is 2.04. The number of carbonyl (C=O) groups is 1. The van der Waals surface area contributed by atoms with Crippen molar-refractivity contribution < 1.29 is 4.79 Å². The summed E-state index contributed by atoms with van der Waals surface area (Å²) in [5, 5.41) is 4.56. The van der Waals surface area contributed by atoms with Crippen molar-refractivity contribution in [2.24, 2.45) is 5.73 Å². The fraction of sp³-hybridized carbons (Fsp3) is 0. The van der Waals surface area contributed by atoms with Crippen molar-refractivity contribution in [3.63, 3.8) is 0 Å². The van der Waals surface area contributed by atoms with Crippen molar-refractivity contribution in [3.05, 3.63) is 66.2 Å². The van der Waals surface area contributed by atoms with Crippen LogP contribution in [0, 0.1) is 0 Å². The molecule has 2 heteroatoms. The molecule has 0 unspecified atom stereocenters. The summed E-state index contributed by atoms with van der Waals surface area (Å²) in [5.41, 5.74) is 6.24. The van der Waals surface area contributed by atoms with Gasteiger partial charge in [0.05, 0.1) is 0 Å². The van der Waals surface area contributed by atoms with Crippen molar-refractivity contribution in [3.8, 4) is 0 Å². The Labute approximate surface area is 111 Å². The lowest BCUT2D eigenvalue weighted by Gasteiger charge is -2.07. The summed E-state index contributed by atoms with van der Waals surface area (Å²) in [6, 6.07) is 18.4. The highest BCUT2D eigenvalue weighted by molar-refractivity contribution is 6.08. The first kappa shape index (κ1) is 11.5. The van der Waals surface area contributed by atoms with Crippen LogP contribution in [0.25, 0.3) is 27.6 Å². The Morgan fingerprint density at radius 3 is 1.95 bits per heavy atom.